The van der Waals surface area contributed by atoms with Crippen LogP contribution >= 0.6 is 0 Å². The summed E-state index contributed by atoms with van der Waals surface area (Å²) in [6, 6.07) is 4.32. The molecule has 2 fully saturated rings. The fourth-order valence-corrected chi connectivity index (χ4v) is 5.20. The third kappa shape index (κ3) is 6.09. The summed E-state index contributed by atoms with van der Waals surface area (Å²) >= 11 is 0. The third-order valence-electron chi connectivity index (χ3n) is 7.77. The number of carbonyl (C=O) groups is 1. The number of fused-ring (bicyclic) bond motifs is 1. The first-order valence-electron chi connectivity index (χ1n) is 13.4. The number of nitrogens with zero attached hydrogens (tertiary/aromatic N) is 5. The van der Waals surface area contributed by atoms with E-state index in [0.29, 0.717) is 30.3 Å². The Morgan fingerprint density at radius 2 is 1.98 bits per heavy atom. The van der Waals surface area contributed by atoms with Gasteiger partial charge in [-0.25, -0.2) is 8.91 Å². The molecule has 3 aromatic heterocycles. The van der Waals surface area contributed by atoms with Crippen molar-refractivity contribution < 1.29 is 22.4 Å². The molecule has 12 heteroatoms. The van der Waals surface area contributed by atoms with Gasteiger partial charge in [0, 0.05) is 24.8 Å². The Hall–Kier alpha value is -3.59. The molecule has 1 aliphatic carbocycles. The number of piperidine rings is 1. The van der Waals surface area contributed by atoms with Crippen molar-refractivity contribution in [3.63, 3.8) is 0 Å². The van der Waals surface area contributed by atoms with Gasteiger partial charge in [-0.3, -0.25) is 9.48 Å². The highest BCUT2D eigenvalue weighted by atomic mass is 19.4. The van der Waals surface area contributed by atoms with Crippen molar-refractivity contribution in [2.75, 3.05) is 32.0 Å². The summed E-state index contributed by atoms with van der Waals surface area (Å²) in [5, 5.41) is 14.5. The molecule has 40 heavy (non-hydrogen) atoms. The molecule has 0 radical (unpaired) electrons. The molecule has 0 aromatic carbocycles. The van der Waals surface area contributed by atoms with E-state index in [-0.39, 0.29) is 41.3 Å². The van der Waals surface area contributed by atoms with E-state index in [0.717, 1.165) is 12.8 Å². The van der Waals surface area contributed by atoms with Crippen LogP contribution in [0.2, 0.25) is 0 Å². The Morgan fingerprint density at radius 3 is 2.67 bits per heavy atom. The number of carbonyl (C=O) groups excluding carboxylic acids is 1. The summed E-state index contributed by atoms with van der Waals surface area (Å²) in [7, 11) is 1.84. The Bertz CT molecular complexity index is 1440. The number of likely N-dealkylation sites (tertiary alicyclic amines) is 1. The Morgan fingerprint density at radius 1 is 1.20 bits per heavy atom. The van der Waals surface area contributed by atoms with Gasteiger partial charge in [-0.2, -0.15) is 23.4 Å². The predicted octanol–water partition coefficient (Wildman–Crippen LogP) is 4.02. The topological polar surface area (TPSA) is 79.5 Å². The van der Waals surface area contributed by atoms with Crippen molar-refractivity contribution in [2.45, 2.75) is 63.5 Å². The maximum atomic E-state index is 14.6. The number of pyridine rings is 1. The van der Waals surface area contributed by atoms with E-state index >= 15 is 0 Å². The average molecular weight is 560 g/mol. The molecule has 2 aliphatic rings. The van der Waals surface area contributed by atoms with Crippen molar-refractivity contribution in [1.29, 1.82) is 0 Å². The van der Waals surface area contributed by atoms with Gasteiger partial charge < -0.3 is 15.5 Å². The van der Waals surface area contributed by atoms with Gasteiger partial charge in [0.1, 0.15) is 17.7 Å². The number of halogens is 4. The summed E-state index contributed by atoms with van der Waals surface area (Å²) in [6.45, 7) is 5.06. The van der Waals surface area contributed by atoms with Crippen LogP contribution in [0.1, 0.15) is 54.7 Å². The van der Waals surface area contributed by atoms with Crippen molar-refractivity contribution in [3.8, 4) is 11.8 Å². The lowest BCUT2D eigenvalue weighted by atomic mass is 9.99. The molecule has 1 amide bonds. The molecule has 0 unspecified atom stereocenters. The van der Waals surface area contributed by atoms with Gasteiger partial charge in [0.2, 0.25) is 0 Å². The van der Waals surface area contributed by atoms with Crippen LogP contribution in [-0.2, 0) is 12.0 Å². The zero-order valence-electron chi connectivity index (χ0n) is 22.7. The second-order valence-electron chi connectivity index (χ2n) is 11.2. The first kappa shape index (κ1) is 28.0. The van der Waals surface area contributed by atoms with E-state index in [2.05, 4.69) is 46.5 Å². The lowest BCUT2D eigenvalue weighted by Gasteiger charge is -2.33. The molecular weight excluding hydrogens is 526 g/mol. The standard InChI is InChI=1S/C28H33F4N7O/c1-27(2,19-9-10-19)38-16-18(15-34-38)26(40)33-12-5-6-22-20(14-28(30,31)32)24-7-4-8-25(39(24)36-22)35-23-11-13-37(3)17-21(23)29/h4,7-8,15-16,19,21,23,35H,9-14,17H2,1-3H3,(H,33,40)/t21-,23+/m0/s1. The van der Waals surface area contributed by atoms with Gasteiger partial charge in [-0.05, 0) is 64.1 Å². The Balaban J connectivity index is 1.33. The Kier molecular flexibility index (Phi) is 7.52. The van der Waals surface area contributed by atoms with E-state index in [9.17, 15) is 22.4 Å². The van der Waals surface area contributed by atoms with Crippen molar-refractivity contribution >= 4 is 17.2 Å². The molecule has 4 heterocycles. The van der Waals surface area contributed by atoms with Crippen LogP contribution in [0.5, 0.6) is 0 Å². The van der Waals surface area contributed by atoms with E-state index in [1.807, 2.05) is 11.9 Å². The molecule has 5 rings (SSSR count). The highest BCUT2D eigenvalue weighted by Crippen LogP contribution is 2.43. The molecule has 1 aliphatic heterocycles. The van der Waals surface area contributed by atoms with E-state index in [4.69, 9.17) is 0 Å². The number of amides is 1. The summed E-state index contributed by atoms with van der Waals surface area (Å²) < 4.78 is 58.3. The first-order chi connectivity index (χ1) is 18.9. The monoisotopic (exact) mass is 559 g/mol. The first-order valence-corrected chi connectivity index (χ1v) is 13.4. The molecule has 0 spiro atoms. The number of rotatable bonds is 7. The van der Waals surface area contributed by atoms with Gasteiger partial charge >= 0.3 is 6.18 Å². The van der Waals surface area contributed by atoms with E-state index < -0.39 is 24.8 Å². The fourth-order valence-electron chi connectivity index (χ4n) is 5.20. The molecule has 0 bridgehead atoms. The zero-order chi connectivity index (χ0) is 28.7. The minimum Gasteiger partial charge on any atom is -0.364 e. The number of alkyl halides is 4. The predicted molar refractivity (Wildman–Crippen MR) is 143 cm³/mol. The van der Waals surface area contributed by atoms with Crippen LogP contribution in [-0.4, -0.2) is 75.3 Å². The number of hydrogen-bond acceptors (Lipinski definition) is 5. The van der Waals surface area contributed by atoms with E-state index in [1.165, 1.54) is 16.8 Å². The lowest BCUT2D eigenvalue weighted by Crippen LogP contribution is -2.46. The number of hydrogen-bond donors (Lipinski definition) is 2. The normalized spacial score (nSPS) is 20.3. The number of anilines is 1. The van der Waals surface area contributed by atoms with Gasteiger partial charge in [0.15, 0.2) is 0 Å². The minimum atomic E-state index is -4.48. The molecule has 3 aromatic rings. The lowest BCUT2D eigenvalue weighted by molar-refractivity contribution is -0.127. The summed E-state index contributed by atoms with van der Waals surface area (Å²) in [4.78, 5) is 14.5. The van der Waals surface area contributed by atoms with Gasteiger partial charge in [0.25, 0.3) is 5.91 Å². The van der Waals surface area contributed by atoms with Crippen LogP contribution in [0.15, 0.2) is 30.6 Å². The van der Waals surface area contributed by atoms with Crippen LogP contribution in [0, 0.1) is 17.8 Å². The van der Waals surface area contributed by atoms with Crippen molar-refractivity contribution in [2.24, 2.45) is 5.92 Å². The van der Waals surface area contributed by atoms with Crippen LogP contribution < -0.4 is 10.6 Å². The maximum absolute atomic E-state index is 14.6. The highest BCUT2D eigenvalue weighted by molar-refractivity contribution is 5.93. The zero-order valence-corrected chi connectivity index (χ0v) is 22.7. The summed E-state index contributed by atoms with van der Waals surface area (Å²) in [5.41, 5.74) is 0.336. The molecule has 1 saturated carbocycles. The van der Waals surface area contributed by atoms with Crippen molar-refractivity contribution in [1.82, 2.24) is 29.6 Å². The van der Waals surface area contributed by atoms with Crippen molar-refractivity contribution in [3.05, 3.63) is 47.4 Å². The Labute approximate surface area is 230 Å². The molecule has 8 nitrogen and oxygen atoms in total. The smallest absolute Gasteiger partial charge is 0.364 e. The minimum absolute atomic E-state index is 0.0417. The molecule has 214 valence electrons. The van der Waals surface area contributed by atoms with Gasteiger partial charge in [-0.1, -0.05) is 12.0 Å². The van der Waals surface area contributed by atoms with Crippen LogP contribution in [0.4, 0.5) is 23.4 Å². The average Bonchev–Trinajstić information content (AvgIpc) is 3.53. The quantitative estimate of drug-likeness (QED) is 0.338. The van der Waals surface area contributed by atoms with Gasteiger partial charge in [-0.15, -0.1) is 0 Å². The highest BCUT2D eigenvalue weighted by Gasteiger charge is 2.40. The molecule has 2 atom stereocenters. The second-order valence-corrected chi connectivity index (χ2v) is 11.2. The SMILES string of the molecule is CN1CC[C@@H](Nc2cccc3c(CC(F)(F)F)c(C#CCNC(=O)c4cnn(C(C)(C)C5CC5)c4)nn23)[C@@H](F)C1. The molecule has 1 saturated heterocycles. The number of nitrogens with one attached hydrogen (secondary N) is 2. The summed E-state index contributed by atoms with van der Waals surface area (Å²) in [6.07, 6.45) is -0.813. The number of aromatic nitrogens is 4. The van der Waals surface area contributed by atoms with Crippen LogP contribution in [0.3, 0.4) is 0 Å². The van der Waals surface area contributed by atoms with Gasteiger partial charge in [0.05, 0.1) is 41.8 Å². The largest absolute Gasteiger partial charge is 0.393 e. The third-order valence-corrected chi connectivity index (χ3v) is 7.77. The maximum Gasteiger partial charge on any atom is 0.393 e. The fraction of sp³-hybridized carbons (Fsp3) is 0.536. The second kappa shape index (κ2) is 10.8. The van der Waals surface area contributed by atoms with Crippen LogP contribution in [0.25, 0.3) is 5.52 Å². The summed E-state index contributed by atoms with van der Waals surface area (Å²) in [5.74, 6) is 5.99. The molecule has 2 N–H and O–H groups in total. The van der Waals surface area contributed by atoms with E-state index in [1.54, 1.807) is 23.0 Å². The molecular formula is C28H33F4N7O.